The smallest absolute Gasteiger partial charge is 0.431 e. The Morgan fingerprint density at radius 2 is 1.97 bits per heavy atom. The standard InChI is InChI=1S/C24H26F3N3O/c1-15-6-5-11-30(13-15)20-14-31-21-10-3-2-7-16(21)23(20)29-19-9-4-8-18-17(19)12-22(28-18)24(25,26)27/h2-4,7-10,12,15,20,23,28-29H,5-6,11,13-14H2,1H3. The van der Waals surface area contributed by atoms with Crippen molar-refractivity contribution in [3.63, 3.8) is 0 Å². The molecular weight excluding hydrogens is 403 g/mol. The maximum Gasteiger partial charge on any atom is 0.431 e. The molecule has 5 rings (SSSR count). The molecule has 7 heteroatoms. The van der Waals surface area contributed by atoms with Gasteiger partial charge >= 0.3 is 6.18 Å². The summed E-state index contributed by atoms with van der Waals surface area (Å²) in [5.41, 5.74) is 1.48. The zero-order chi connectivity index (χ0) is 21.6. The Morgan fingerprint density at radius 3 is 2.77 bits per heavy atom. The molecule has 1 fully saturated rings. The third-order valence-electron chi connectivity index (χ3n) is 6.49. The van der Waals surface area contributed by atoms with Gasteiger partial charge in [-0.3, -0.25) is 4.90 Å². The van der Waals surface area contributed by atoms with Crippen LogP contribution in [-0.4, -0.2) is 35.6 Å². The number of benzene rings is 2. The second-order valence-corrected chi connectivity index (χ2v) is 8.73. The molecule has 3 unspecified atom stereocenters. The van der Waals surface area contributed by atoms with Gasteiger partial charge in [0.05, 0.1) is 12.1 Å². The third-order valence-corrected chi connectivity index (χ3v) is 6.49. The van der Waals surface area contributed by atoms with E-state index in [9.17, 15) is 13.2 Å². The van der Waals surface area contributed by atoms with E-state index in [4.69, 9.17) is 4.74 Å². The summed E-state index contributed by atoms with van der Waals surface area (Å²) in [6, 6.07) is 14.5. The van der Waals surface area contributed by atoms with Crippen molar-refractivity contribution in [1.82, 2.24) is 9.88 Å². The van der Waals surface area contributed by atoms with Gasteiger partial charge in [-0.05, 0) is 49.6 Å². The van der Waals surface area contributed by atoms with Crippen LogP contribution in [0.5, 0.6) is 5.75 Å². The molecule has 31 heavy (non-hydrogen) atoms. The summed E-state index contributed by atoms with van der Waals surface area (Å²) in [7, 11) is 0. The minimum atomic E-state index is -4.41. The third kappa shape index (κ3) is 3.87. The van der Waals surface area contributed by atoms with Crippen molar-refractivity contribution in [2.45, 2.75) is 38.0 Å². The first-order valence-corrected chi connectivity index (χ1v) is 10.8. The molecule has 2 aliphatic heterocycles. The molecule has 4 nitrogen and oxygen atoms in total. The fraction of sp³-hybridized carbons (Fsp3) is 0.417. The Labute approximate surface area is 179 Å². The fourth-order valence-electron chi connectivity index (χ4n) is 4.97. The molecule has 2 aromatic carbocycles. The van der Waals surface area contributed by atoms with Gasteiger partial charge in [-0.2, -0.15) is 13.2 Å². The number of hydrogen-bond acceptors (Lipinski definition) is 3. The summed E-state index contributed by atoms with van der Waals surface area (Å²) < 4.78 is 45.9. The summed E-state index contributed by atoms with van der Waals surface area (Å²) in [5.74, 6) is 1.45. The number of ether oxygens (including phenoxy) is 1. The highest BCUT2D eigenvalue weighted by Gasteiger charge is 2.37. The summed E-state index contributed by atoms with van der Waals surface area (Å²) in [6.45, 7) is 4.83. The molecule has 1 aromatic heterocycles. The van der Waals surface area contributed by atoms with Crippen molar-refractivity contribution in [3.8, 4) is 5.75 Å². The lowest BCUT2D eigenvalue weighted by Gasteiger charge is -2.44. The number of hydrogen-bond donors (Lipinski definition) is 2. The lowest BCUT2D eigenvalue weighted by atomic mass is 9.91. The number of aromatic nitrogens is 1. The summed E-state index contributed by atoms with van der Waals surface area (Å²) >= 11 is 0. The maximum atomic E-state index is 13.3. The molecule has 3 heterocycles. The van der Waals surface area contributed by atoms with Crippen LogP contribution in [0.2, 0.25) is 0 Å². The number of nitrogens with zero attached hydrogens (tertiary/aromatic N) is 1. The van der Waals surface area contributed by atoms with Gasteiger partial charge in [-0.15, -0.1) is 0 Å². The van der Waals surface area contributed by atoms with Crippen LogP contribution in [0.25, 0.3) is 10.9 Å². The highest BCUT2D eigenvalue weighted by Crippen LogP contribution is 2.40. The lowest BCUT2D eigenvalue weighted by molar-refractivity contribution is -0.140. The van der Waals surface area contributed by atoms with Crippen LogP contribution < -0.4 is 10.1 Å². The molecule has 1 saturated heterocycles. The molecule has 164 valence electrons. The number of aromatic amines is 1. The van der Waals surface area contributed by atoms with Gasteiger partial charge in [0, 0.05) is 28.7 Å². The summed E-state index contributed by atoms with van der Waals surface area (Å²) in [4.78, 5) is 4.98. The number of halogens is 3. The molecule has 2 aliphatic rings. The quantitative estimate of drug-likeness (QED) is 0.550. The number of piperidine rings is 1. The number of anilines is 1. The molecule has 3 atom stereocenters. The van der Waals surface area contributed by atoms with Crippen molar-refractivity contribution in [1.29, 1.82) is 0 Å². The van der Waals surface area contributed by atoms with Gasteiger partial charge in [-0.25, -0.2) is 0 Å². The van der Waals surface area contributed by atoms with Crippen LogP contribution in [0.1, 0.15) is 37.1 Å². The van der Waals surface area contributed by atoms with Gasteiger partial charge in [0.15, 0.2) is 0 Å². The van der Waals surface area contributed by atoms with E-state index in [1.165, 1.54) is 12.5 Å². The first-order valence-electron chi connectivity index (χ1n) is 10.8. The van der Waals surface area contributed by atoms with Gasteiger partial charge in [0.25, 0.3) is 0 Å². The molecule has 0 radical (unpaired) electrons. The highest BCUT2D eigenvalue weighted by molar-refractivity contribution is 5.93. The molecule has 0 bridgehead atoms. The average molecular weight is 429 g/mol. The first kappa shape index (κ1) is 20.2. The van der Waals surface area contributed by atoms with Gasteiger partial charge in [0.2, 0.25) is 0 Å². The first-order chi connectivity index (χ1) is 14.9. The molecular formula is C24H26F3N3O. The van der Waals surface area contributed by atoms with E-state index in [2.05, 4.69) is 22.1 Å². The van der Waals surface area contributed by atoms with Crippen LogP contribution in [0, 0.1) is 5.92 Å². The highest BCUT2D eigenvalue weighted by atomic mass is 19.4. The number of likely N-dealkylation sites (tertiary alicyclic amines) is 1. The second-order valence-electron chi connectivity index (χ2n) is 8.73. The van der Waals surface area contributed by atoms with E-state index in [1.807, 2.05) is 30.3 Å². The predicted molar refractivity (Wildman–Crippen MR) is 115 cm³/mol. The second kappa shape index (κ2) is 7.79. The van der Waals surface area contributed by atoms with E-state index in [-0.39, 0.29) is 12.1 Å². The Bertz CT molecular complexity index is 1080. The Morgan fingerprint density at radius 1 is 1.13 bits per heavy atom. The number of fused-ring (bicyclic) bond motifs is 2. The minimum Gasteiger partial charge on any atom is -0.491 e. The topological polar surface area (TPSA) is 40.3 Å². The largest absolute Gasteiger partial charge is 0.491 e. The molecule has 2 N–H and O–H groups in total. The van der Waals surface area contributed by atoms with Crippen molar-refractivity contribution in [2.75, 3.05) is 25.0 Å². The zero-order valence-electron chi connectivity index (χ0n) is 17.4. The van der Waals surface area contributed by atoms with Crippen LogP contribution in [0.3, 0.4) is 0 Å². The van der Waals surface area contributed by atoms with Gasteiger partial charge in [-0.1, -0.05) is 31.2 Å². The monoisotopic (exact) mass is 429 g/mol. The minimum absolute atomic E-state index is 0.0786. The van der Waals surface area contributed by atoms with Crippen LogP contribution in [0.15, 0.2) is 48.5 Å². The summed E-state index contributed by atoms with van der Waals surface area (Å²) in [5, 5.41) is 4.14. The Balaban J connectivity index is 1.54. The number of H-pyrrole nitrogens is 1. The van der Waals surface area contributed by atoms with E-state index in [0.29, 0.717) is 29.1 Å². The van der Waals surface area contributed by atoms with E-state index in [1.54, 1.807) is 12.1 Å². The number of nitrogens with one attached hydrogen (secondary N) is 2. The van der Waals surface area contributed by atoms with Crippen molar-refractivity contribution in [2.24, 2.45) is 5.92 Å². The summed E-state index contributed by atoms with van der Waals surface area (Å²) in [6.07, 6.45) is -2.04. The van der Waals surface area contributed by atoms with E-state index in [0.717, 1.165) is 30.8 Å². The average Bonchev–Trinajstić information content (AvgIpc) is 3.20. The number of alkyl halides is 3. The van der Waals surface area contributed by atoms with Crippen molar-refractivity contribution < 1.29 is 17.9 Å². The predicted octanol–water partition coefficient (Wildman–Crippen LogP) is 5.83. The molecule has 3 aromatic rings. The molecule has 0 amide bonds. The van der Waals surface area contributed by atoms with E-state index < -0.39 is 11.9 Å². The van der Waals surface area contributed by atoms with Gasteiger partial charge in [0.1, 0.15) is 18.1 Å². The van der Waals surface area contributed by atoms with Crippen LogP contribution in [0.4, 0.5) is 18.9 Å². The molecule has 0 spiro atoms. The number of rotatable bonds is 3. The Hall–Kier alpha value is -2.67. The van der Waals surface area contributed by atoms with Crippen LogP contribution in [-0.2, 0) is 6.18 Å². The van der Waals surface area contributed by atoms with Crippen LogP contribution >= 0.6 is 0 Å². The SMILES string of the molecule is CC1CCCN(C2COc3ccccc3C2Nc2cccc3[nH]c(C(F)(F)F)cc23)C1. The Kier molecular flexibility index (Phi) is 5.08. The zero-order valence-corrected chi connectivity index (χ0v) is 17.4. The molecule has 0 saturated carbocycles. The van der Waals surface area contributed by atoms with Gasteiger partial charge < -0.3 is 15.0 Å². The normalized spacial score (nSPS) is 24.6. The maximum absolute atomic E-state index is 13.3. The fourth-order valence-corrected chi connectivity index (χ4v) is 4.97. The number of para-hydroxylation sites is 1. The molecule has 0 aliphatic carbocycles. The lowest BCUT2D eigenvalue weighted by Crippen LogP contribution is -2.51. The van der Waals surface area contributed by atoms with Crippen molar-refractivity contribution in [3.05, 3.63) is 59.8 Å². The van der Waals surface area contributed by atoms with Crippen molar-refractivity contribution >= 4 is 16.6 Å². The van der Waals surface area contributed by atoms with E-state index >= 15 is 0 Å².